The number of nitrogens with zero attached hydrogens (tertiary/aromatic N) is 2. The Bertz CT molecular complexity index is 568. The van der Waals surface area contributed by atoms with Crippen LogP contribution in [0.2, 0.25) is 0 Å². The molecule has 1 unspecified atom stereocenters. The van der Waals surface area contributed by atoms with Crippen molar-refractivity contribution in [2.24, 2.45) is 10.9 Å². The van der Waals surface area contributed by atoms with Crippen molar-refractivity contribution < 1.29 is 9.84 Å². The molecule has 0 radical (unpaired) electrons. The van der Waals surface area contributed by atoms with Gasteiger partial charge in [-0.15, -0.1) is 0 Å². The van der Waals surface area contributed by atoms with Gasteiger partial charge in [-0.25, -0.2) is 0 Å². The largest absolute Gasteiger partial charge is 0.508 e. The standard InChI is InChI=1S/C22H38N4O2/c1-4-23-22(24-11-5-6-19-7-9-21(27)10-8-19)25-17-20(16-18(2)3)26-12-14-28-15-13-26/h7-10,18,20,27H,4-6,11-17H2,1-3H3,(H2,23,24,25). The first-order valence-corrected chi connectivity index (χ1v) is 10.7. The Kier molecular flexibility index (Phi) is 10.1. The Hall–Kier alpha value is -1.79. The van der Waals surface area contributed by atoms with Crippen LogP contribution in [0.15, 0.2) is 29.3 Å². The van der Waals surface area contributed by atoms with E-state index in [1.54, 1.807) is 12.1 Å². The Morgan fingerprint density at radius 1 is 1.18 bits per heavy atom. The average Bonchev–Trinajstić information content (AvgIpc) is 2.70. The Morgan fingerprint density at radius 3 is 2.54 bits per heavy atom. The second-order valence-electron chi connectivity index (χ2n) is 7.85. The van der Waals surface area contributed by atoms with E-state index in [4.69, 9.17) is 9.73 Å². The van der Waals surface area contributed by atoms with E-state index in [0.717, 1.165) is 71.2 Å². The van der Waals surface area contributed by atoms with Crippen molar-refractivity contribution in [1.82, 2.24) is 15.5 Å². The smallest absolute Gasteiger partial charge is 0.191 e. The lowest BCUT2D eigenvalue weighted by Crippen LogP contribution is -2.46. The molecule has 0 aliphatic carbocycles. The molecule has 1 aromatic carbocycles. The molecule has 1 aliphatic heterocycles. The van der Waals surface area contributed by atoms with Crippen molar-refractivity contribution in [2.75, 3.05) is 45.9 Å². The fourth-order valence-electron chi connectivity index (χ4n) is 3.53. The van der Waals surface area contributed by atoms with E-state index < -0.39 is 0 Å². The fraction of sp³-hybridized carbons (Fsp3) is 0.682. The molecular formula is C22H38N4O2. The topological polar surface area (TPSA) is 69.1 Å². The molecule has 0 amide bonds. The highest BCUT2D eigenvalue weighted by Crippen LogP contribution is 2.14. The molecule has 1 atom stereocenters. The summed E-state index contributed by atoms with van der Waals surface area (Å²) in [5.41, 5.74) is 1.24. The van der Waals surface area contributed by atoms with Gasteiger partial charge in [-0.1, -0.05) is 26.0 Å². The van der Waals surface area contributed by atoms with E-state index in [1.807, 2.05) is 12.1 Å². The number of hydrogen-bond acceptors (Lipinski definition) is 4. The molecule has 0 saturated carbocycles. The zero-order chi connectivity index (χ0) is 20.2. The summed E-state index contributed by atoms with van der Waals surface area (Å²) in [5, 5.41) is 16.2. The van der Waals surface area contributed by atoms with E-state index in [0.29, 0.717) is 17.7 Å². The van der Waals surface area contributed by atoms with E-state index in [9.17, 15) is 5.11 Å². The third-order valence-corrected chi connectivity index (χ3v) is 4.98. The van der Waals surface area contributed by atoms with E-state index in [1.165, 1.54) is 5.56 Å². The van der Waals surface area contributed by atoms with Crippen LogP contribution in [0.1, 0.15) is 39.2 Å². The number of phenols is 1. The molecule has 158 valence electrons. The second-order valence-corrected chi connectivity index (χ2v) is 7.85. The first kappa shape index (κ1) is 22.5. The SMILES string of the molecule is CCNC(=NCC(CC(C)C)N1CCOCC1)NCCCc1ccc(O)cc1. The molecule has 2 rings (SSSR count). The van der Waals surface area contributed by atoms with Gasteiger partial charge in [0.05, 0.1) is 19.8 Å². The molecule has 6 nitrogen and oxygen atoms in total. The number of nitrogens with one attached hydrogen (secondary N) is 2. The minimum Gasteiger partial charge on any atom is -0.508 e. The summed E-state index contributed by atoms with van der Waals surface area (Å²) >= 11 is 0. The highest BCUT2D eigenvalue weighted by atomic mass is 16.5. The third-order valence-electron chi connectivity index (χ3n) is 4.98. The minimum atomic E-state index is 0.319. The van der Waals surface area contributed by atoms with Gasteiger partial charge in [0, 0.05) is 32.2 Å². The predicted octanol–water partition coefficient (Wildman–Crippen LogP) is 2.63. The van der Waals surface area contributed by atoms with Crippen molar-refractivity contribution in [3.63, 3.8) is 0 Å². The van der Waals surface area contributed by atoms with Crippen molar-refractivity contribution in [3.8, 4) is 5.75 Å². The van der Waals surface area contributed by atoms with Crippen LogP contribution >= 0.6 is 0 Å². The maximum atomic E-state index is 9.37. The van der Waals surface area contributed by atoms with Gasteiger partial charge in [0.2, 0.25) is 0 Å². The maximum absolute atomic E-state index is 9.37. The van der Waals surface area contributed by atoms with Crippen LogP contribution < -0.4 is 10.6 Å². The van der Waals surface area contributed by atoms with Gasteiger partial charge in [0.1, 0.15) is 5.75 Å². The molecule has 1 fully saturated rings. The first-order chi connectivity index (χ1) is 13.6. The van der Waals surface area contributed by atoms with Crippen LogP contribution in [0.5, 0.6) is 5.75 Å². The number of phenolic OH excluding ortho intramolecular Hbond substituents is 1. The molecule has 0 spiro atoms. The maximum Gasteiger partial charge on any atom is 0.191 e. The van der Waals surface area contributed by atoms with Crippen LogP contribution in [-0.2, 0) is 11.2 Å². The molecule has 28 heavy (non-hydrogen) atoms. The van der Waals surface area contributed by atoms with Crippen LogP contribution in [0.25, 0.3) is 0 Å². The highest BCUT2D eigenvalue weighted by molar-refractivity contribution is 5.79. The van der Waals surface area contributed by atoms with E-state index >= 15 is 0 Å². The quantitative estimate of drug-likeness (QED) is 0.326. The van der Waals surface area contributed by atoms with Crippen LogP contribution in [-0.4, -0.2) is 67.9 Å². The zero-order valence-electron chi connectivity index (χ0n) is 17.8. The van der Waals surface area contributed by atoms with Crippen molar-refractivity contribution in [1.29, 1.82) is 0 Å². The number of guanidine groups is 1. The number of rotatable bonds is 10. The van der Waals surface area contributed by atoms with Gasteiger partial charge in [0.15, 0.2) is 5.96 Å². The Balaban J connectivity index is 1.83. The highest BCUT2D eigenvalue weighted by Gasteiger charge is 2.21. The lowest BCUT2D eigenvalue weighted by atomic mass is 10.0. The summed E-state index contributed by atoms with van der Waals surface area (Å²) in [5.74, 6) is 1.87. The van der Waals surface area contributed by atoms with Crippen LogP contribution in [0.4, 0.5) is 0 Å². The predicted molar refractivity (Wildman–Crippen MR) is 116 cm³/mol. The number of aliphatic imine (C=N–C) groups is 1. The number of ether oxygens (including phenoxy) is 1. The number of aryl methyl sites for hydroxylation is 1. The summed E-state index contributed by atoms with van der Waals surface area (Å²) in [6, 6.07) is 7.92. The minimum absolute atomic E-state index is 0.319. The summed E-state index contributed by atoms with van der Waals surface area (Å²) in [4.78, 5) is 7.41. The monoisotopic (exact) mass is 390 g/mol. The van der Waals surface area contributed by atoms with E-state index in [-0.39, 0.29) is 0 Å². The van der Waals surface area contributed by atoms with Gasteiger partial charge in [-0.3, -0.25) is 9.89 Å². The fourth-order valence-corrected chi connectivity index (χ4v) is 3.53. The Morgan fingerprint density at radius 2 is 1.89 bits per heavy atom. The van der Waals surface area contributed by atoms with Gasteiger partial charge < -0.3 is 20.5 Å². The first-order valence-electron chi connectivity index (χ1n) is 10.7. The number of benzene rings is 1. The summed E-state index contributed by atoms with van der Waals surface area (Å²) in [7, 11) is 0. The average molecular weight is 391 g/mol. The van der Waals surface area contributed by atoms with Gasteiger partial charge in [-0.05, 0) is 49.8 Å². The molecule has 1 saturated heterocycles. The number of aromatic hydroxyl groups is 1. The zero-order valence-corrected chi connectivity index (χ0v) is 17.8. The number of hydrogen-bond donors (Lipinski definition) is 3. The second kappa shape index (κ2) is 12.6. The Labute approximate surface area is 170 Å². The van der Waals surface area contributed by atoms with Crippen molar-refractivity contribution in [2.45, 2.75) is 46.1 Å². The third kappa shape index (κ3) is 8.48. The van der Waals surface area contributed by atoms with Crippen LogP contribution in [0, 0.1) is 5.92 Å². The van der Waals surface area contributed by atoms with Crippen LogP contribution in [0.3, 0.4) is 0 Å². The molecule has 0 bridgehead atoms. The molecule has 0 aromatic heterocycles. The molecule has 6 heteroatoms. The van der Waals surface area contributed by atoms with Gasteiger partial charge in [-0.2, -0.15) is 0 Å². The molecule has 1 aromatic rings. The van der Waals surface area contributed by atoms with Crippen molar-refractivity contribution >= 4 is 5.96 Å². The summed E-state index contributed by atoms with van der Waals surface area (Å²) < 4.78 is 5.51. The molecule has 3 N–H and O–H groups in total. The molecule has 1 aliphatic rings. The lowest BCUT2D eigenvalue weighted by molar-refractivity contribution is 0.0143. The number of morpholine rings is 1. The van der Waals surface area contributed by atoms with E-state index in [2.05, 4.69) is 36.3 Å². The van der Waals surface area contributed by atoms with Gasteiger partial charge >= 0.3 is 0 Å². The van der Waals surface area contributed by atoms with Crippen molar-refractivity contribution in [3.05, 3.63) is 29.8 Å². The molecular weight excluding hydrogens is 352 g/mol. The summed E-state index contributed by atoms with van der Waals surface area (Å²) in [6.45, 7) is 12.9. The summed E-state index contributed by atoms with van der Waals surface area (Å²) in [6.07, 6.45) is 3.16. The lowest BCUT2D eigenvalue weighted by Gasteiger charge is -2.34. The normalized spacial score (nSPS) is 16.9. The molecule has 1 heterocycles. The van der Waals surface area contributed by atoms with Gasteiger partial charge in [0.25, 0.3) is 0 Å².